The lowest BCUT2D eigenvalue weighted by molar-refractivity contribution is 0.547. The molecule has 5 aromatic rings. The second-order valence-corrected chi connectivity index (χ2v) is 7.91. The summed E-state index contributed by atoms with van der Waals surface area (Å²) in [6.45, 7) is 0. The van der Waals surface area contributed by atoms with Gasteiger partial charge in [0.25, 0.3) is 0 Å². The van der Waals surface area contributed by atoms with E-state index < -0.39 is 0 Å². The summed E-state index contributed by atoms with van der Waals surface area (Å²) in [6, 6.07) is 18.8. The lowest BCUT2D eigenvalue weighted by atomic mass is 9.96. The first-order valence-electron chi connectivity index (χ1n) is 9.12. The Kier molecular flexibility index (Phi) is 3.18. The van der Waals surface area contributed by atoms with Crippen molar-refractivity contribution in [3.8, 4) is 11.1 Å². The molecule has 3 heteroatoms. The minimum atomic E-state index is 0.912. The fourth-order valence-electron chi connectivity index (χ4n) is 4.16. The predicted octanol–water partition coefficient (Wildman–Crippen LogP) is 7.72. The second kappa shape index (κ2) is 5.61. The molecule has 2 heterocycles. The third-order valence-electron chi connectivity index (χ3n) is 5.37. The van der Waals surface area contributed by atoms with Crippen LogP contribution < -0.4 is 0 Å². The van der Waals surface area contributed by atoms with Crippen LogP contribution in [0.1, 0.15) is 17.7 Å². The molecule has 0 amide bonds. The largest absolute Gasteiger partial charge is 0.460 e. The molecule has 130 valence electrons. The van der Waals surface area contributed by atoms with Crippen LogP contribution in [0.5, 0.6) is 0 Å². The van der Waals surface area contributed by atoms with Gasteiger partial charge in [0.15, 0.2) is 0 Å². The number of hydrogen-bond acceptors (Lipinski definition) is 2. The van der Waals surface area contributed by atoms with Crippen LogP contribution in [0.4, 0.5) is 0 Å². The molecule has 0 N–H and O–H groups in total. The smallest absolute Gasteiger partial charge is 0.147 e. The molecule has 0 saturated carbocycles. The average Bonchev–Trinajstić information content (AvgIpc) is 3.25. The normalized spacial score (nSPS) is 13.7. The standard InChI is InChI=1S/C24H15BrO2/c25-15-7-5-6-14(12-15)18-13-19-16-8-1-3-10-20(16)26-24(19)22-17-9-2-4-11-21(17)27-23(18)22/h1-3,5-10,12-13H,4,11H2. The first-order chi connectivity index (χ1) is 13.3. The van der Waals surface area contributed by atoms with Crippen molar-refractivity contribution in [3.63, 3.8) is 0 Å². The fraction of sp³-hybridized carbons (Fsp3) is 0.0833. The Hall–Kier alpha value is -2.78. The quantitative estimate of drug-likeness (QED) is 0.280. The first kappa shape index (κ1) is 15.3. The van der Waals surface area contributed by atoms with E-state index >= 15 is 0 Å². The van der Waals surface area contributed by atoms with E-state index in [0.717, 1.165) is 72.7 Å². The third-order valence-corrected chi connectivity index (χ3v) is 5.87. The van der Waals surface area contributed by atoms with Gasteiger partial charge in [-0.2, -0.15) is 0 Å². The van der Waals surface area contributed by atoms with Crippen LogP contribution in [0.2, 0.25) is 0 Å². The number of hydrogen-bond donors (Lipinski definition) is 0. The van der Waals surface area contributed by atoms with Gasteiger partial charge in [0.05, 0.1) is 5.39 Å². The van der Waals surface area contributed by atoms with Gasteiger partial charge in [-0.15, -0.1) is 0 Å². The summed E-state index contributed by atoms with van der Waals surface area (Å²) in [5.41, 5.74) is 6.15. The number of aryl methyl sites for hydroxylation is 1. The molecule has 0 radical (unpaired) electrons. The molecule has 3 aromatic carbocycles. The second-order valence-electron chi connectivity index (χ2n) is 6.99. The highest BCUT2D eigenvalue weighted by Gasteiger charge is 2.23. The molecule has 0 spiro atoms. The molecule has 2 aromatic heterocycles. The summed E-state index contributed by atoms with van der Waals surface area (Å²) in [6.07, 6.45) is 6.35. The number of benzene rings is 3. The third kappa shape index (κ3) is 2.18. The molecule has 0 atom stereocenters. The highest BCUT2D eigenvalue weighted by atomic mass is 79.9. The molecule has 0 aliphatic heterocycles. The average molecular weight is 415 g/mol. The van der Waals surface area contributed by atoms with E-state index in [1.807, 2.05) is 18.2 Å². The molecule has 0 unspecified atom stereocenters. The fourth-order valence-corrected chi connectivity index (χ4v) is 4.56. The Morgan fingerprint density at radius 3 is 2.70 bits per heavy atom. The lowest BCUT2D eigenvalue weighted by Gasteiger charge is -2.05. The van der Waals surface area contributed by atoms with Gasteiger partial charge >= 0.3 is 0 Å². The summed E-state index contributed by atoms with van der Waals surface area (Å²) in [4.78, 5) is 0. The van der Waals surface area contributed by atoms with Crippen molar-refractivity contribution < 1.29 is 8.83 Å². The molecule has 27 heavy (non-hydrogen) atoms. The maximum Gasteiger partial charge on any atom is 0.147 e. The molecule has 0 saturated heterocycles. The SMILES string of the molecule is Brc1cccc(-c2cc3c4ccccc4oc3c3c4c(oc23)CCC=C4)c1. The van der Waals surface area contributed by atoms with Crippen molar-refractivity contribution in [3.05, 3.63) is 76.5 Å². The van der Waals surface area contributed by atoms with E-state index in [-0.39, 0.29) is 0 Å². The van der Waals surface area contributed by atoms with Gasteiger partial charge in [-0.1, -0.05) is 58.4 Å². The van der Waals surface area contributed by atoms with Crippen LogP contribution in [0.15, 0.2) is 74.0 Å². The maximum absolute atomic E-state index is 6.39. The Balaban J connectivity index is 1.85. The zero-order valence-electron chi connectivity index (χ0n) is 14.5. The van der Waals surface area contributed by atoms with Gasteiger partial charge in [-0.05, 0) is 36.2 Å². The van der Waals surface area contributed by atoms with E-state index in [0.29, 0.717) is 0 Å². The molecular weight excluding hydrogens is 400 g/mol. The van der Waals surface area contributed by atoms with Gasteiger partial charge in [-0.3, -0.25) is 0 Å². The molecule has 1 aliphatic rings. The van der Waals surface area contributed by atoms with Crippen molar-refractivity contribution in [2.75, 3.05) is 0 Å². The molecule has 0 bridgehead atoms. The van der Waals surface area contributed by atoms with Gasteiger partial charge in [0.2, 0.25) is 0 Å². The monoisotopic (exact) mass is 414 g/mol. The topological polar surface area (TPSA) is 26.3 Å². The van der Waals surface area contributed by atoms with E-state index in [2.05, 4.69) is 64.5 Å². The summed E-state index contributed by atoms with van der Waals surface area (Å²) in [5, 5.41) is 3.36. The van der Waals surface area contributed by atoms with Crippen LogP contribution in [-0.4, -0.2) is 0 Å². The Bertz CT molecular complexity index is 1380. The molecular formula is C24H15BrO2. The van der Waals surface area contributed by atoms with Crippen molar-refractivity contribution in [2.45, 2.75) is 12.8 Å². The van der Waals surface area contributed by atoms with E-state index in [1.165, 1.54) is 0 Å². The summed E-state index contributed by atoms with van der Waals surface area (Å²) >= 11 is 3.60. The maximum atomic E-state index is 6.39. The Labute approximate surface area is 164 Å². The van der Waals surface area contributed by atoms with Gasteiger partial charge in [0.1, 0.15) is 22.5 Å². The summed E-state index contributed by atoms with van der Waals surface area (Å²) in [7, 11) is 0. The molecule has 1 aliphatic carbocycles. The van der Waals surface area contributed by atoms with Crippen LogP contribution in [-0.2, 0) is 6.42 Å². The Morgan fingerprint density at radius 1 is 0.852 bits per heavy atom. The van der Waals surface area contributed by atoms with E-state index in [9.17, 15) is 0 Å². The zero-order chi connectivity index (χ0) is 18.0. The number of rotatable bonds is 1. The lowest BCUT2D eigenvalue weighted by Crippen LogP contribution is -1.88. The van der Waals surface area contributed by atoms with Crippen molar-refractivity contribution in [1.29, 1.82) is 0 Å². The number of allylic oxidation sites excluding steroid dienone is 1. The first-order valence-corrected chi connectivity index (χ1v) is 9.91. The van der Waals surface area contributed by atoms with Crippen LogP contribution in [0.3, 0.4) is 0 Å². The minimum absolute atomic E-state index is 0.912. The molecule has 6 rings (SSSR count). The van der Waals surface area contributed by atoms with E-state index in [1.54, 1.807) is 0 Å². The number of furan rings is 2. The number of halogens is 1. The minimum Gasteiger partial charge on any atom is -0.460 e. The zero-order valence-corrected chi connectivity index (χ0v) is 16.0. The van der Waals surface area contributed by atoms with Crippen LogP contribution >= 0.6 is 15.9 Å². The van der Waals surface area contributed by atoms with Crippen LogP contribution in [0, 0.1) is 0 Å². The van der Waals surface area contributed by atoms with Crippen molar-refractivity contribution in [2.24, 2.45) is 0 Å². The highest BCUT2D eigenvalue weighted by molar-refractivity contribution is 9.10. The Morgan fingerprint density at radius 2 is 1.78 bits per heavy atom. The summed E-state index contributed by atoms with van der Waals surface area (Å²) < 4.78 is 13.8. The highest BCUT2D eigenvalue weighted by Crippen LogP contribution is 2.44. The van der Waals surface area contributed by atoms with Gasteiger partial charge in [0, 0.05) is 32.8 Å². The van der Waals surface area contributed by atoms with Crippen molar-refractivity contribution >= 4 is 54.9 Å². The van der Waals surface area contributed by atoms with Gasteiger partial charge < -0.3 is 8.83 Å². The van der Waals surface area contributed by atoms with Crippen molar-refractivity contribution in [1.82, 2.24) is 0 Å². The van der Waals surface area contributed by atoms with E-state index in [4.69, 9.17) is 8.83 Å². The van der Waals surface area contributed by atoms with Crippen LogP contribution in [0.25, 0.3) is 50.1 Å². The van der Waals surface area contributed by atoms with Gasteiger partial charge in [-0.25, -0.2) is 0 Å². The predicted molar refractivity (Wildman–Crippen MR) is 114 cm³/mol. The number of para-hydroxylation sites is 1. The molecule has 0 fully saturated rings. The molecule has 2 nitrogen and oxygen atoms in total. The summed E-state index contributed by atoms with van der Waals surface area (Å²) in [5.74, 6) is 1.05. The number of fused-ring (bicyclic) bond motifs is 7.